The molecule has 5 heteroatoms. The Balaban J connectivity index is 1.98. The lowest BCUT2D eigenvalue weighted by Crippen LogP contribution is -2.28. The van der Waals surface area contributed by atoms with Gasteiger partial charge in [0.05, 0.1) is 5.69 Å². The number of para-hydroxylation sites is 1. The van der Waals surface area contributed by atoms with Gasteiger partial charge in [-0.1, -0.05) is 29.5 Å². The number of benzene rings is 1. The molecule has 2 heterocycles. The number of nitrogen functional groups attached to an aromatic ring is 1. The number of nitrogens with two attached hydrogens (primary N) is 1. The SMILES string of the molecule is Cc1nc(N)sc1C(=O)N1CCc2ccccc21. The van der Waals surface area contributed by atoms with E-state index < -0.39 is 0 Å². The summed E-state index contributed by atoms with van der Waals surface area (Å²) in [6.07, 6.45) is 0.912. The summed E-state index contributed by atoms with van der Waals surface area (Å²) in [7, 11) is 0. The van der Waals surface area contributed by atoms with Crippen LogP contribution in [0.1, 0.15) is 20.9 Å². The summed E-state index contributed by atoms with van der Waals surface area (Å²) in [5, 5.41) is 0.448. The first-order chi connectivity index (χ1) is 8.66. The predicted molar refractivity (Wildman–Crippen MR) is 73.1 cm³/mol. The standard InChI is InChI=1S/C13H13N3OS/c1-8-11(18-13(14)15-8)12(17)16-7-6-9-4-2-3-5-10(9)16/h2-5H,6-7H2,1H3,(H2,14,15). The molecule has 0 spiro atoms. The molecule has 1 amide bonds. The molecule has 92 valence electrons. The predicted octanol–water partition coefficient (Wildman–Crippen LogP) is 2.24. The van der Waals surface area contributed by atoms with Crippen LogP contribution in [0, 0.1) is 6.92 Å². The van der Waals surface area contributed by atoms with Crippen molar-refractivity contribution in [3.05, 3.63) is 40.4 Å². The number of hydrogen-bond donors (Lipinski definition) is 1. The number of rotatable bonds is 1. The summed E-state index contributed by atoms with van der Waals surface area (Å²) in [6.45, 7) is 2.55. The van der Waals surface area contributed by atoms with Crippen LogP contribution in [0.25, 0.3) is 0 Å². The van der Waals surface area contributed by atoms with E-state index in [1.165, 1.54) is 16.9 Å². The molecule has 2 N–H and O–H groups in total. The van der Waals surface area contributed by atoms with Crippen molar-refractivity contribution < 1.29 is 4.79 Å². The van der Waals surface area contributed by atoms with Gasteiger partial charge in [-0.05, 0) is 25.0 Å². The second-order valence-electron chi connectivity index (χ2n) is 4.30. The monoisotopic (exact) mass is 259 g/mol. The smallest absolute Gasteiger partial charge is 0.270 e. The average molecular weight is 259 g/mol. The summed E-state index contributed by atoms with van der Waals surface area (Å²) >= 11 is 1.26. The number of hydrogen-bond acceptors (Lipinski definition) is 4. The highest BCUT2D eigenvalue weighted by Gasteiger charge is 2.27. The number of thiazole rings is 1. The van der Waals surface area contributed by atoms with E-state index in [0.29, 0.717) is 15.7 Å². The number of carbonyl (C=O) groups is 1. The van der Waals surface area contributed by atoms with Crippen LogP contribution in [-0.4, -0.2) is 17.4 Å². The molecule has 0 unspecified atom stereocenters. The number of aryl methyl sites for hydroxylation is 1. The summed E-state index contributed by atoms with van der Waals surface area (Å²) < 4.78 is 0. The Morgan fingerprint density at radius 3 is 2.94 bits per heavy atom. The second-order valence-corrected chi connectivity index (χ2v) is 5.33. The fourth-order valence-corrected chi connectivity index (χ4v) is 3.07. The van der Waals surface area contributed by atoms with Crippen LogP contribution < -0.4 is 10.6 Å². The molecule has 0 fully saturated rings. The summed E-state index contributed by atoms with van der Waals surface area (Å²) in [4.78, 5) is 19.1. The van der Waals surface area contributed by atoms with Crippen LogP contribution in [0.4, 0.5) is 10.8 Å². The molecule has 1 aromatic heterocycles. The first kappa shape index (κ1) is 11.2. The van der Waals surface area contributed by atoms with Gasteiger partial charge in [-0.2, -0.15) is 0 Å². The van der Waals surface area contributed by atoms with Crippen LogP contribution in [0.15, 0.2) is 24.3 Å². The minimum absolute atomic E-state index is 0.00616. The molecule has 0 aliphatic carbocycles. The van der Waals surface area contributed by atoms with Gasteiger partial charge in [0.1, 0.15) is 4.88 Å². The molecular formula is C13H13N3OS. The summed E-state index contributed by atoms with van der Waals surface area (Å²) in [6, 6.07) is 8.01. The van der Waals surface area contributed by atoms with Gasteiger partial charge in [0.15, 0.2) is 5.13 Å². The summed E-state index contributed by atoms with van der Waals surface area (Å²) in [5.74, 6) is 0.00616. The van der Waals surface area contributed by atoms with Crippen molar-refractivity contribution in [2.75, 3.05) is 17.2 Å². The van der Waals surface area contributed by atoms with Crippen molar-refractivity contribution in [2.24, 2.45) is 0 Å². The van der Waals surface area contributed by atoms with Crippen molar-refractivity contribution in [1.82, 2.24) is 4.98 Å². The highest BCUT2D eigenvalue weighted by Crippen LogP contribution is 2.31. The molecule has 0 radical (unpaired) electrons. The fourth-order valence-electron chi connectivity index (χ4n) is 2.29. The minimum atomic E-state index is 0.00616. The van der Waals surface area contributed by atoms with Crippen molar-refractivity contribution in [2.45, 2.75) is 13.3 Å². The van der Waals surface area contributed by atoms with Gasteiger partial charge in [-0.15, -0.1) is 0 Å². The highest BCUT2D eigenvalue weighted by atomic mass is 32.1. The number of carbonyl (C=O) groups excluding carboxylic acids is 1. The van der Waals surface area contributed by atoms with E-state index in [4.69, 9.17) is 5.73 Å². The second kappa shape index (κ2) is 4.10. The van der Waals surface area contributed by atoms with Crippen LogP contribution >= 0.6 is 11.3 Å². The molecule has 18 heavy (non-hydrogen) atoms. The molecule has 0 saturated heterocycles. The Morgan fingerprint density at radius 2 is 2.22 bits per heavy atom. The van der Waals surface area contributed by atoms with Gasteiger partial charge in [-0.25, -0.2) is 4.98 Å². The van der Waals surface area contributed by atoms with E-state index in [1.54, 1.807) is 0 Å². The molecule has 3 rings (SSSR count). The Kier molecular flexibility index (Phi) is 2.56. The molecule has 4 nitrogen and oxygen atoms in total. The molecule has 2 aromatic rings. The maximum atomic E-state index is 12.5. The molecule has 0 atom stereocenters. The van der Waals surface area contributed by atoms with Gasteiger partial charge in [-0.3, -0.25) is 4.79 Å². The van der Waals surface area contributed by atoms with E-state index in [2.05, 4.69) is 11.1 Å². The molecule has 0 bridgehead atoms. The topological polar surface area (TPSA) is 59.2 Å². The van der Waals surface area contributed by atoms with Gasteiger partial charge < -0.3 is 10.6 Å². The zero-order valence-electron chi connectivity index (χ0n) is 10.0. The highest BCUT2D eigenvalue weighted by molar-refractivity contribution is 7.17. The zero-order valence-corrected chi connectivity index (χ0v) is 10.8. The van der Waals surface area contributed by atoms with Crippen LogP contribution in [0.5, 0.6) is 0 Å². The Labute approximate surface area is 109 Å². The van der Waals surface area contributed by atoms with Crippen molar-refractivity contribution in [1.29, 1.82) is 0 Å². The zero-order chi connectivity index (χ0) is 12.7. The normalized spacial score (nSPS) is 13.7. The van der Waals surface area contributed by atoms with E-state index in [-0.39, 0.29) is 5.91 Å². The number of nitrogens with zero attached hydrogens (tertiary/aromatic N) is 2. The Morgan fingerprint density at radius 1 is 1.44 bits per heavy atom. The van der Waals surface area contributed by atoms with E-state index in [9.17, 15) is 4.79 Å². The first-order valence-electron chi connectivity index (χ1n) is 5.79. The largest absolute Gasteiger partial charge is 0.375 e. The van der Waals surface area contributed by atoms with Gasteiger partial charge in [0.2, 0.25) is 0 Å². The average Bonchev–Trinajstić information content (AvgIpc) is 2.92. The van der Waals surface area contributed by atoms with Crippen LogP contribution in [-0.2, 0) is 6.42 Å². The van der Waals surface area contributed by atoms with Gasteiger partial charge in [0.25, 0.3) is 5.91 Å². The van der Waals surface area contributed by atoms with Crippen LogP contribution in [0.2, 0.25) is 0 Å². The lowest BCUT2D eigenvalue weighted by molar-refractivity contribution is 0.0992. The third kappa shape index (κ3) is 1.67. The molecule has 1 aliphatic rings. The molecule has 1 aromatic carbocycles. The number of fused-ring (bicyclic) bond motifs is 1. The molecule has 1 aliphatic heterocycles. The maximum Gasteiger partial charge on any atom is 0.270 e. The molecular weight excluding hydrogens is 246 g/mol. The molecule has 0 saturated carbocycles. The number of anilines is 2. The quantitative estimate of drug-likeness (QED) is 0.854. The number of aromatic nitrogens is 1. The third-order valence-corrected chi connectivity index (χ3v) is 4.11. The van der Waals surface area contributed by atoms with Crippen molar-refractivity contribution >= 4 is 28.1 Å². The first-order valence-corrected chi connectivity index (χ1v) is 6.61. The van der Waals surface area contributed by atoms with E-state index in [1.807, 2.05) is 30.0 Å². The third-order valence-electron chi connectivity index (χ3n) is 3.14. The van der Waals surface area contributed by atoms with Crippen molar-refractivity contribution in [3.8, 4) is 0 Å². The van der Waals surface area contributed by atoms with E-state index >= 15 is 0 Å². The van der Waals surface area contributed by atoms with Crippen LogP contribution in [0.3, 0.4) is 0 Å². The van der Waals surface area contributed by atoms with Gasteiger partial charge >= 0.3 is 0 Å². The minimum Gasteiger partial charge on any atom is -0.375 e. The lowest BCUT2D eigenvalue weighted by atomic mass is 10.2. The number of amides is 1. The fraction of sp³-hybridized carbons (Fsp3) is 0.231. The van der Waals surface area contributed by atoms with Crippen molar-refractivity contribution in [3.63, 3.8) is 0 Å². The van der Waals surface area contributed by atoms with Gasteiger partial charge in [0, 0.05) is 12.2 Å². The Hall–Kier alpha value is -1.88. The van der Waals surface area contributed by atoms with E-state index in [0.717, 1.165) is 18.7 Å². The maximum absolute atomic E-state index is 12.5. The lowest BCUT2D eigenvalue weighted by Gasteiger charge is -2.16. The Bertz CT molecular complexity index is 620. The summed E-state index contributed by atoms with van der Waals surface area (Å²) in [5.41, 5.74) is 8.59.